The van der Waals surface area contributed by atoms with E-state index >= 15 is 0 Å². The van der Waals surface area contributed by atoms with Crippen molar-refractivity contribution in [3.05, 3.63) is 36.3 Å². The van der Waals surface area contributed by atoms with Crippen LogP contribution in [0.2, 0.25) is 0 Å². The van der Waals surface area contributed by atoms with E-state index in [0.717, 1.165) is 25.1 Å². The third kappa shape index (κ3) is 5.31. The Bertz CT molecular complexity index is 780. The van der Waals surface area contributed by atoms with E-state index in [0.29, 0.717) is 38.8 Å². The lowest BCUT2D eigenvalue weighted by Crippen LogP contribution is -2.43. The second-order valence-electron chi connectivity index (χ2n) is 8.00. The molecule has 2 fully saturated rings. The smallest absolute Gasteiger partial charge is 0.233 e. The molecule has 4 rings (SSSR count). The number of carbonyl (C=O) groups is 2. The number of likely N-dealkylation sites (tertiary alicyclic amines) is 1. The van der Waals surface area contributed by atoms with Crippen LogP contribution in [0.3, 0.4) is 0 Å². The second kappa shape index (κ2) is 11.1. The van der Waals surface area contributed by atoms with E-state index in [-0.39, 0.29) is 59.5 Å². The molecule has 2 heterocycles. The molecular weight excluding hydrogens is 511 g/mol. The number of rotatable bonds is 10. The second-order valence-corrected chi connectivity index (χ2v) is 8.00. The van der Waals surface area contributed by atoms with Crippen molar-refractivity contribution in [2.75, 3.05) is 32.8 Å². The molecule has 4 unspecified atom stereocenters. The number of halogens is 1. The summed E-state index contributed by atoms with van der Waals surface area (Å²) in [6.07, 6.45) is 7.62. The van der Waals surface area contributed by atoms with Crippen molar-refractivity contribution in [1.29, 1.82) is 0 Å². The zero-order chi connectivity index (χ0) is 20.9. The first-order valence-electron chi connectivity index (χ1n) is 10.8. The van der Waals surface area contributed by atoms with Crippen molar-refractivity contribution in [3.8, 4) is 0 Å². The quantitative estimate of drug-likeness (QED) is 0.118. The highest BCUT2D eigenvalue weighted by Gasteiger charge is 2.58. The molecule has 1 aromatic heterocycles. The van der Waals surface area contributed by atoms with E-state index in [1.807, 2.05) is 19.1 Å². The fourth-order valence-corrected chi connectivity index (χ4v) is 4.74. The molecule has 170 valence electrons. The van der Waals surface area contributed by atoms with Crippen LogP contribution in [-0.4, -0.2) is 55.5 Å². The third-order valence-corrected chi connectivity index (χ3v) is 6.07. The summed E-state index contributed by atoms with van der Waals surface area (Å²) < 4.78 is 10.8. The molecule has 4 atom stereocenters. The number of aliphatic imine (C=N–C) groups is 1. The minimum absolute atomic E-state index is 0. The van der Waals surface area contributed by atoms with Crippen LogP contribution in [0, 0.1) is 23.7 Å². The Balaban J connectivity index is 0.00000272. The molecule has 2 bridgehead atoms. The highest BCUT2D eigenvalue weighted by atomic mass is 127. The van der Waals surface area contributed by atoms with Crippen LogP contribution >= 0.6 is 24.0 Å². The molecule has 2 amide bonds. The lowest BCUT2D eigenvalue weighted by Gasteiger charge is -2.18. The minimum atomic E-state index is -0.129. The van der Waals surface area contributed by atoms with Gasteiger partial charge in [0.1, 0.15) is 12.4 Å². The summed E-state index contributed by atoms with van der Waals surface area (Å²) >= 11 is 0. The maximum atomic E-state index is 12.7. The van der Waals surface area contributed by atoms with Crippen molar-refractivity contribution in [3.63, 3.8) is 0 Å². The third-order valence-electron chi connectivity index (χ3n) is 6.07. The van der Waals surface area contributed by atoms with Gasteiger partial charge in [0.25, 0.3) is 0 Å². The van der Waals surface area contributed by atoms with E-state index in [4.69, 9.17) is 9.15 Å². The monoisotopic (exact) mass is 542 g/mol. The van der Waals surface area contributed by atoms with Crippen LogP contribution in [0.25, 0.3) is 0 Å². The summed E-state index contributed by atoms with van der Waals surface area (Å²) in [5, 5.41) is 6.42. The maximum absolute atomic E-state index is 12.7. The lowest BCUT2D eigenvalue weighted by molar-refractivity contribution is -0.140. The fourth-order valence-electron chi connectivity index (χ4n) is 4.74. The highest BCUT2D eigenvalue weighted by Crippen LogP contribution is 2.52. The summed E-state index contributed by atoms with van der Waals surface area (Å²) in [4.78, 5) is 31.4. The molecule has 3 aliphatic rings. The molecule has 1 aliphatic heterocycles. The molecule has 0 spiro atoms. The van der Waals surface area contributed by atoms with Gasteiger partial charge >= 0.3 is 0 Å². The molecule has 1 saturated heterocycles. The Morgan fingerprint density at radius 2 is 1.97 bits per heavy atom. The normalized spacial score (nSPS) is 26.4. The molecule has 31 heavy (non-hydrogen) atoms. The lowest BCUT2D eigenvalue weighted by atomic mass is 9.85. The molecule has 1 saturated carbocycles. The largest absolute Gasteiger partial charge is 0.467 e. The van der Waals surface area contributed by atoms with Gasteiger partial charge in [-0.1, -0.05) is 12.2 Å². The number of fused-ring (bicyclic) bond motifs is 5. The number of guanidine groups is 1. The molecule has 2 N–H and O–H groups in total. The van der Waals surface area contributed by atoms with Gasteiger partial charge in [-0.05, 0) is 43.7 Å². The zero-order valence-corrected chi connectivity index (χ0v) is 20.1. The van der Waals surface area contributed by atoms with Crippen LogP contribution in [0.4, 0.5) is 0 Å². The average Bonchev–Trinajstić information content (AvgIpc) is 3.52. The van der Waals surface area contributed by atoms with Gasteiger partial charge in [-0.3, -0.25) is 19.5 Å². The predicted molar refractivity (Wildman–Crippen MR) is 127 cm³/mol. The standard InChI is InChI=1S/C22H30N4O4.HI/c1-2-23-22(24-8-4-11-29-14-17-5-3-12-30-17)25-9-10-26-20(27)18-15-6-7-16(13-15)19(18)21(26)28;/h3,5-7,12,15-16,18-19H,2,4,8-11,13-14H2,1H3,(H2,23,24,25);1H. The first-order valence-corrected chi connectivity index (χ1v) is 10.8. The predicted octanol–water partition coefficient (Wildman–Crippen LogP) is 2.17. The van der Waals surface area contributed by atoms with Crippen molar-refractivity contribution < 1.29 is 18.7 Å². The van der Waals surface area contributed by atoms with Crippen molar-refractivity contribution in [1.82, 2.24) is 15.5 Å². The van der Waals surface area contributed by atoms with E-state index in [1.165, 1.54) is 4.90 Å². The number of carbonyl (C=O) groups excluding carboxylic acids is 2. The number of ether oxygens (including phenoxy) is 1. The molecule has 0 radical (unpaired) electrons. The maximum Gasteiger partial charge on any atom is 0.233 e. The van der Waals surface area contributed by atoms with Gasteiger partial charge in [-0.2, -0.15) is 0 Å². The van der Waals surface area contributed by atoms with Gasteiger partial charge in [-0.15, -0.1) is 24.0 Å². The van der Waals surface area contributed by atoms with E-state index in [2.05, 4.69) is 27.8 Å². The highest BCUT2D eigenvalue weighted by molar-refractivity contribution is 14.0. The zero-order valence-electron chi connectivity index (χ0n) is 17.8. The van der Waals surface area contributed by atoms with Gasteiger partial charge in [0, 0.05) is 32.8 Å². The molecule has 0 aromatic carbocycles. The van der Waals surface area contributed by atoms with Crippen LogP contribution in [0.5, 0.6) is 0 Å². The van der Waals surface area contributed by atoms with Crippen molar-refractivity contribution >= 4 is 41.8 Å². The number of hydrogen-bond acceptors (Lipinski definition) is 5. The van der Waals surface area contributed by atoms with E-state index in [9.17, 15) is 9.59 Å². The minimum Gasteiger partial charge on any atom is -0.467 e. The SMILES string of the molecule is CCNC(=NCCCOCc1ccco1)NCCN1C(=O)C2C3C=CC(C3)C2C1=O.I. The number of furan rings is 1. The summed E-state index contributed by atoms with van der Waals surface area (Å²) in [6, 6.07) is 3.73. The first-order chi connectivity index (χ1) is 14.7. The number of nitrogens with one attached hydrogen (secondary N) is 2. The Hall–Kier alpha value is -1.88. The molecule has 8 nitrogen and oxygen atoms in total. The van der Waals surface area contributed by atoms with Crippen LogP contribution in [-0.2, 0) is 20.9 Å². The van der Waals surface area contributed by atoms with Crippen LogP contribution in [0.15, 0.2) is 40.0 Å². The number of imide groups is 1. The van der Waals surface area contributed by atoms with Gasteiger partial charge in [0.05, 0.1) is 18.1 Å². The molecule has 1 aromatic rings. The first kappa shape index (κ1) is 23.8. The fraction of sp³-hybridized carbons (Fsp3) is 0.591. The average molecular weight is 542 g/mol. The van der Waals surface area contributed by atoms with Gasteiger partial charge < -0.3 is 19.8 Å². The summed E-state index contributed by atoms with van der Waals surface area (Å²) in [6.45, 7) is 5.28. The van der Waals surface area contributed by atoms with Gasteiger partial charge in [-0.25, -0.2) is 0 Å². The topological polar surface area (TPSA) is 96.2 Å². The van der Waals surface area contributed by atoms with Crippen LogP contribution in [0.1, 0.15) is 25.5 Å². The van der Waals surface area contributed by atoms with E-state index in [1.54, 1.807) is 6.26 Å². The summed E-state index contributed by atoms with van der Waals surface area (Å²) in [5.74, 6) is 1.74. The van der Waals surface area contributed by atoms with E-state index < -0.39 is 0 Å². The Morgan fingerprint density at radius 3 is 2.61 bits per heavy atom. The Kier molecular flexibility index (Phi) is 8.53. The Labute approximate surface area is 199 Å². The van der Waals surface area contributed by atoms with Crippen molar-refractivity contribution in [2.45, 2.75) is 26.4 Å². The summed E-state index contributed by atoms with van der Waals surface area (Å²) in [7, 11) is 0. The Morgan fingerprint density at radius 1 is 1.23 bits per heavy atom. The van der Waals surface area contributed by atoms with Gasteiger partial charge in [0.2, 0.25) is 11.8 Å². The molecule has 9 heteroatoms. The number of nitrogens with zero attached hydrogens (tertiary/aromatic N) is 2. The molecule has 2 aliphatic carbocycles. The molecular formula is C22H31IN4O4. The summed E-state index contributed by atoms with van der Waals surface area (Å²) in [5.41, 5.74) is 0. The number of hydrogen-bond donors (Lipinski definition) is 2. The van der Waals surface area contributed by atoms with Gasteiger partial charge in [0.15, 0.2) is 5.96 Å². The number of allylic oxidation sites excluding steroid dienone is 2. The number of amides is 2. The van der Waals surface area contributed by atoms with Crippen molar-refractivity contribution in [2.24, 2.45) is 28.7 Å². The van der Waals surface area contributed by atoms with Crippen LogP contribution < -0.4 is 10.6 Å².